The van der Waals surface area contributed by atoms with Crippen molar-refractivity contribution in [3.8, 4) is 0 Å². The zero-order valence-electron chi connectivity index (χ0n) is 13.0. The SMILES string of the molecule is C[C@@]12C=CCC1C1CCC3=CC(=O)CCC3(CO)C1CC2. The second kappa shape index (κ2) is 4.55. The van der Waals surface area contributed by atoms with Crippen LogP contribution in [0.4, 0.5) is 0 Å². The molecule has 0 spiro atoms. The minimum absolute atomic E-state index is 0.0687. The molecule has 1 N–H and O–H groups in total. The first-order valence-corrected chi connectivity index (χ1v) is 8.61. The average molecular weight is 286 g/mol. The Balaban J connectivity index is 1.72. The van der Waals surface area contributed by atoms with Crippen molar-refractivity contribution in [2.45, 2.75) is 51.9 Å². The predicted octanol–water partition coefficient (Wildman–Crippen LogP) is 3.66. The number of aliphatic hydroxyl groups excluding tert-OH is 1. The Kier molecular flexibility index (Phi) is 2.98. The molecule has 21 heavy (non-hydrogen) atoms. The Labute approximate surface area is 127 Å². The van der Waals surface area contributed by atoms with Crippen molar-refractivity contribution in [2.24, 2.45) is 28.6 Å². The minimum Gasteiger partial charge on any atom is -0.395 e. The van der Waals surface area contributed by atoms with Gasteiger partial charge in [0.1, 0.15) is 0 Å². The fourth-order valence-electron chi connectivity index (χ4n) is 6.14. The van der Waals surface area contributed by atoms with Crippen LogP contribution in [-0.4, -0.2) is 17.5 Å². The molecule has 4 aliphatic rings. The van der Waals surface area contributed by atoms with Gasteiger partial charge in [-0.05, 0) is 67.8 Å². The van der Waals surface area contributed by atoms with Crippen molar-refractivity contribution in [3.05, 3.63) is 23.8 Å². The van der Waals surface area contributed by atoms with Crippen LogP contribution < -0.4 is 0 Å². The lowest BCUT2D eigenvalue weighted by Gasteiger charge is -2.57. The van der Waals surface area contributed by atoms with E-state index in [2.05, 4.69) is 19.1 Å². The van der Waals surface area contributed by atoms with Gasteiger partial charge in [-0.25, -0.2) is 0 Å². The van der Waals surface area contributed by atoms with Crippen molar-refractivity contribution < 1.29 is 9.90 Å². The van der Waals surface area contributed by atoms with Gasteiger partial charge >= 0.3 is 0 Å². The van der Waals surface area contributed by atoms with E-state index in [4.69, 9.17) is 0 Å². The minimum atomic E-state index is -0.0687. The Hall–Kier alpha value is -0.890. The van der Waals surface area contributed by atoms with E-state index < -0.39 is 0 Å². The molecular formula is C19H26O2. The second-order valence-electron chi connectivity index (χ2n) is 8.05. The van der Waals surface area contributed by atoms with E-state index in [9.17, 15) is 9.90 Å². The summed E-state index contributed by atoms with van der Waals surface area (Å²) in [5.41, 5.74) is 1.60. The van der Waals surface area contributed by atoms with E-state index in [0.29, 0.717) is 17.8 Å². The zero-order valence-corrected chi connectivity index (χ0v) is 13.0. The van der Waals surface area contributed by atoms with Gasteiger partial charge in [-0.15, -0.1) is 0 Å². The number of carbonyl (C=O) groups is 1. The maximum Gasteiger partial charge on any atom is 0.155 e. The third-order valence-corrected chi connectivity index (χ3v) is 7.29. The summed E-state index contributed by atoms with van der Waals surface area (Å²) in [6.07, 6.45) is 14.2. The highest BCUT2D eigenvalue weighted by Crippen LogP contribution is 2.63. The third-order valence-electron chi connectivity index (χ3n) is 7.29. The summed E-state index contributed by atoms with van der Waals surface area (Å²) in [5.74, 6) is 2.36. The van der Waals surface area contributed by atoms with Crippen LogP contribution in [0.15, 0.2) is 23.8 Å². The molecule has 0 saturated heterocycles. The van der Waals surface area contributed by atoms with Gasteiger partial charge in [0.25, 0.3) is 0 Å². The fourth-order valence-corrected chi connectivity index (χ4v) is 6.14. The van der Waals surface area contributed by atoms with E-state index >= 15 is 0 Å². The number of ketones is 1. The molecule has 0 aromatic heterocycles. The highest BCUT2D eigenvalue weighted by Gasteiger charge is 2.56. The standard InChI is InChI=1S/C19H26O2/c1-18-8-2-3-16(18)15-5-4-13-11-14(21)6-10-19(13,12-20)17(15)7-9-18/h2,8,11,15-17,20H,3-7,9-10,12H2,1H3/t15?,16?,17?,18-,19?/m0/s1. The summed E-state index contributed by atoms with van der Waals surface area (Å²) in [6.45, 7) is 2.67. The van der Waals surface area contributed by atoms with Crippen LogP contribution in [0, 0.1) is 28.6 Å². The first-order valence-electron chi connectivity index (χ1n) is 8.61. The molecule has 114 valence electrons. The number of fused-ring (bicyclic) bond motifs is 5. The molecule has 0 aromatic carbocycles. The molecule has 4 rings (SSSR count). The highest BCUT2D eigenvalue weighted by atomic mass is 16.3. The maximum atomic E-state index is 11.8. The van der Waals surface area contributed by atoms with Gasteiger partial charge in [-0.1, -0.05) is 24.6 Å². The van der Waals surface area contributed by atoms with Crippen molar-refractivity contribution in [3.63, 3.8) is 0 Å². The number of aliphatic hydroxyl groups is 1. The number of hydrogen-bond acceptors (Lipinski definition) is 2. The van der Waals surface area contributed by atoms with Gasteiger partial charge < -0.3 is 5.11 Å². The number of allylic oxidation sites excluding steroid dienone is 3. The quantitative estimate of drug-likeness (QED) is 0.747. The fraction of sp³-hybridized carbons (Fsp3) is 0.737. The van der Waals surface area contributed by atoms with Gasteiger partial charge in [0.05, 0.1) is 6.61 Å². The molecular weight excluding hydrogens is 260 g/mol. The lowest BCUT2D eigenvalue weighted by atomic mass is 9.47. The molecule has 4 aliphatic carbocycles. The summed E-state index contributed by atoms with van der Waals surface area (Å²) in [4.78, 5) is 11.8. The van der Waals surface area contributed by atoms with Crippen LogP contribution in [0.5, 0.6) is 0 Å². The number of rotatable bonds is 1. The summed E-state index contributed by atoms with van der Waals surface area (Å²) in [5, 5.41) is 10.2. The Morgan fingerprint density at radius 3 is 2.90 bits per heavy atom. The molecule has 2 saturated carbocycles. The molecule has 2 heteroatoms. The molecule has 0 amide bonds. The molecule has 2 fully saturated rings. The number of hydrogen-bond donors (Lipinski definition) is 1. The zero-order chi connectivity index (χ0) is 14.7. The van der Waals surface area contributed by atoms with Crippen molar-refractivity contribution in [2.75, 3.05) is 6.61 Å². The van der Waals surface area contributed by atoms with Crippen LogP contribution in [0.1, 0.15) is 51.9 Å². The van der Waals surface area contributed by atoms with Crippen LogP contribution in [0.2, 0.25) is 0 Å². The summed E-state index contributed by atoms with van der Waals surface area (Å²) in [6, 6.07) is 0. The van der Waals surface area contributed by atoms with Crippen LogP contribution in [0.25, 0.3) is 0 Å². The summed E-state index contributed by atoms with van der Waals surface area (Å²) < 4.78 is 0. The third kappa shape index (κ3) is 1.78. The molecule has 0 bridgehead atoms. The van der Waals surface area contributed by atoms with Gasteiger partial charge in [-0.3, -0.25) is 4.79 Å². The van der Waals surface area contributed by atoms with Gasteiger partial charge in [0.2, 0.25) is 0 Å². The topological polar surface area (TPSA) is 37.3 Å². The molecule has 0 radical (unpaired) electrons. The maximum absolute atomic E-state index is 11.8. The highest BCUT2D eigenvalue weighted by molar-refractivity contribution is 5.91. The molecule has 5 atom stereocenters. The molecule has 0 aromatic rings. The number of carbonyl (C=O) groups excluding carboxylic acids is 1. The largest absolute Gasteiger partial charge is 0.395 e. The van der Waals surface area contributed by atoms with Crippen LogP contribution in [0.3, 0.4) is 0 Å². The monoisotopic (exact) mass is 286 g/mol. The van der Waals surface area contributed by atoms with E-state index in [-0.39, 0.29) is 17.8 Å². The summed E-state index contributed by atoms with van der Waals surface area (Å²) >= 11 is 0. The smallest absolute Gasteiger partial charge is 0.155 e. The van der Waals surface area contributed by atoms with Gasteiger partial charge in [0.15, 0.2) is 5.78 Å². The van der Waals surface area contributed by atoms with Crippen molar-refractivity contribution >= 4 is 5.78 Å². The van der Waals surface area contributed by atoms with Crippen molar-refractivity contribution in [1.82, 2.24) is 0 Å². The Morgan fingerprint density at radius 1 is 1.24 bits per heavy atom. The normalized spacial score (nSPS) is 48.4. The Morgan fingerprint density at radius 2 is 2.10 bits per heavy atom. The summed E-state index contributed by atoms with van der Waals surface area (Å²) in [7, 11) is 0. The first kappa shape index (κ1) is 13.8. The Bertz CT molecular complexity index is 532. The average Bonchev–Trinajstić information content (AvgIpc) is 2.88. The van der Waals surface area contributed by atoms with E-state index in [1.807, 2.05) is 6.08 Å². The molecule has 4 unspecified atom stereocenters. The molecule has 2 nitrogen and oxygen atoms in total. The van der Waals surface area contributed by atoms with Gasteiger partial charge in [0, 0.05) is 11.8 Å². The first-order chi connectivity index (χ1) is 10.1. The lowest BCUT2D eigenvalue weighted by molar-refractivity contribution is -0.118. The van der Waals surface area contributed by atoms with Crippen molar-refractivity contribution in [1.29, 1.82) is 0 Å². The second-order valence-corrected chi connectivity index (χ2v) is 8.05. The lowest BCUT2D eigenvalue weighted by Crippen LogP contribution is -2.52. The van der Waals surface area contributed by atoms with Crippen LogP contribution in [-0.2, 0) is 4.79 Å². The van der Waals surface area contributed by atoms with Crippen LogP contribution >= 0.6 is 0 Å². The predicted molar refractivity (Wildman–Crippen MR) is 82.6 cm³/mol. The van der Waals surface area contributed by atoms with E-state index in [0.717, 1.165) is 24.7 Å². The van der Waals surface area contributed by atoms with E-state index in [1.54, 1.807) is 0 Å². The molecule has 0 aliphatic heterocycles. The van der Waals surface area contributed by atoms with Gasteiger partial charge in [-0.2, -0.15) is 0 Å². The molecule has 0 heterocycles. The van der Waals surface area contributed by atoms with E-state index in [1.165, 1.54) is 31.3 Å².